The van der Waals surface area contributed by atoms with Crippen molar-refractivity contribution in [2.24, 2.45) is 0 Å². The molecule has 0 heterocycles. The van der Waals surface area contributed by atoms with E-state index in [2.05, 4.69) is 11.8 Å². The molecule has 0 unspecified atom stereocenters. The van der Waals surface area contributed by atoms with E-state index in [4.69, 9.17) is 16.3 Å². The number of carbonyl (C=O) groups excluding carboxylic acids is 1. The van der Waals surface area contributed by atoms with Crippen LogP contribution in [0.5, 0.6) is 5.75 Å². The first-order valence-corrected chi connectivity index (χ1v) is 5.95. The van der Waals surface area contributed by atoms with Crippen LogP contribution in [0, 0.1) is 11.8 Å². The Bertz CT molecular complexity index is 446. The van der Waals surface area contributed by atoms with E-state index in [9.17, 15) is 4.79 Å². The lowest BCUT2D eigenvalue weighted by Crippen LogP contribution is -1.85. The molecule has 0 amide bonds. The highest BCUT2D eigenvalue weighted by atomic mass is 35.5. The van der Waals surface area contributed by atoms with Gasteiger partial charge in [0.2, 0.25) is 0 Å². The Balaban J connectivity index is 2.70. The highest BCUT2D eigenvalue weighted by Crippen LogP contribution is 2.21. The average molecular weight is 255 g/mol. The van der Waals surface area contributed by atoms with Gasteiger partial charge in [0.05, 0.1) is 17.9 Å². The molecule has 0 saturated carbocycles. The van der Waals surface area contributed by atoms with E-state index in [0.717, 1.165) is 5.56 Å². The molecule has 1 aromatic rings. The van der Waals surface area contributed by atoms with Crippen molar-refractivity contribution >= 4 is 28.5 Å². The second kappa shape index (κ2) is 6.47. The van der Waals surface area contributed by atoms with Crippen molar-refractivity contribution in [3.63, 3.8) is 0 Å². The molecule has 1 rings (SSSR count). The molecule has 0 fully saturated rings. The molecule has 0 aliphatic rings. The van der Waals surface area contributed by atoms with E-state index < -0.39 is 0 Å². The minimum absolute atomic E-state index is 0.0649. The van der Waals surface area contributed by atoms with Crippen LogP contribution in [0.25, 0.3) is 0 Å². The topological polar surface area (TPSA) is 26.3 Å². The Hall–Kier alpha value is -1.11. The van der Waals surface area contributed by atoms with Crippen molar-refractivity contribution in [2.45, 2.75) is 6.92 Å². The second-order valence-electron chi connectivity index (χ2n) is 2.93. The zero-order valence-electron chi connectivity index (χ0n) is 9.04. The lowest BCUT2D eigenvalue weighted by molar-refractivity contribution is -0.109. The van der Waals surface area contributed by atoms with Gasteiger partial charge in [-0.3, -0.25) is 4.79 Å². The number of methoxy groups -OCH3 is 1. The van der Waals surface area contributed by atoms with Crippen LogP contribution < -0.4 is 4.74 Å². The molecule has 4 heteroatoms. The minimum atomic E-state index is 0.0649. The summed E-state index contributed by atoms with van der Waals surface area (Å²) in [5.41, 5.74) is 0.742. The Kier molecular flexibility index (Phi) is 5.24. The smallest absolute Gasteiger partial charge is 0.186 e. The van der Waals surface area contributed by atoms with Gasteiger partial charge in [0.25, 0.3) is 0 Å². The molecule has 0 N–H and O–H groups in total. The summed E-state index contributed by atoms with van der Waals surface area (Å²) in [6.45, 7) is 1.52. The maximum absolute atomic E-state index is 10.7. The summed E-state index contributed by atoms with van der Waals surface area (Å²) in [6.07, 6.45) is 0. The molecule has 16 heavy (non-hydrogen) atoms. The lowest BCUT2D eigenvalue weighted by Gasteiger charge is -2.00. The third kappa shape index (κ3) is 4.18. The zero-order chi connectivity index (χ0) is 12.0. The maximum atomic E-state index is 10.7. The molecule has 0 saturated heterocycles. The summed E-state index contributed by atoms with van der Waals surface area (Å²) in [5, 5.41) is 0.620. The van der Waals surface area contributed by atoms with E-state index in [1.165, 1.54) is 18.7 Å². The third-order valence-corrected chi connectivity index (χ3v) is 2.75. The number of hydrogen-bond donors (Lipinski definition) is 0. The summed E-state index contributed by atoms with van der Waals surface area (Å²) in [6, 6.07) is 5.31. The van der Waals surface area contributed by atoms with Gasteiger partial charge in [-0.2, -0.15) is 0 Å². The van der Waals surface area contributed by atoms with Crippen molar-refractivity contribution in [3.8, 4) is 17.6 Å². The van der Waals surface area contributed by atoms with E-state index >= 15 is 0 Å². The zero-order valence-corrected chi connectivity index (χ0v) is 10.6. The molecule has 0 bridgehead atoms. The van der Waals surface area contributed by atoms with Gasteiger partial charge in [-0.1, -0.05) is 35.2 Å². The number of carbonyl (C=O) groups is 1. The Labute approximate surface area is 104 Å². The van der Waals surface area contributed by atoms with Crippen LogP contribution in [-0.2, 0) is 4.79 Å². The first-order chi connectivity index (χ1) is 7.63. The van der Waals surface area contributed by atoms with Gasteiger partial charge < -0.3 is 4.74 Å². The molecular weight excluding hydrogens is 244 g/mol. The predicted molar refractivity (Wildman–Crippen MR) is 68.0 cm³/mol. The largest absolute Gasteiger partial charge is 0.497 e. The van der Waals surface area contributed by atoms with Gasteiger partial charge in [0.15, 0.2) is 5.12 Å². The predicted octanol–water partition coefficient (Wildman–Crippen LogP) is 2.98. The van der Waals surface area contributed by atoms with Crippen molar-refractivity contribution in [3.05, 3.63) is 28.8 Å². The Morgan fingerprint density at radius 1 is 1.56 bits per heavy atom. The summed E-state index contributed by atoms with van der Waals surface area (Å²) in [5.74, 6) is 6.97. The quantitative estimate of drug-likeness (QED) is 0.759. The van der Waals surface area contributed by atoms with Gasteiger partial charge in [-0.05, 0) is 18.2 Å². The SMILES string of the molecule is COc1ccc(C#CCSC(C)=O)c(Cl)c1. The van der Waals surface area contributed by atoms with Crippen LogP contribution in [0.3, 0.4) is 0 Å². The summed E-state index contributed by atoms with van der Waals surface area (Å²) >= 11 is 7.18. The lowest BCUT2D eigenvalue weighted by atomic mass is 10.2. The van der Waals surface area contributed by atoms with Gasteiger partial charge in [0, 0.05) is 12.5 Å². The number of ether oxygens (including phenoxy) is 1. The van der Waals surface area contributed by atoms with Crippen LogP contribution in [0.2, 0.25) is 5.02 Å². The van der Waals surface area contributed by atoms with Gasteiger partial charge in [-0.25, -0.2) is 0 Å². The molecule has 2 nitrogen and oxygen atoms in total. The second-order valence-corrected chi connectivity index (χ2v) is 4.49. The number of halogens is 1. The summed E-state index contributed by atoms with van der Waals surface area (Å²) in [7, 11) is 1.58. The van der Waals surface area contributed by atoms with Crippen LogP contribution in [0.1, 0.15) is 12.5 Å². The average Bonchev–Trinajstić information content (AvgIpc) is 2.25. The maximum Gasteiger partial charge on any atom is 0.186 e. The van der Waals surface area contributed by atoms with Gasteiger partial charge in [0.1, 0.15) is 5.75 Å². The minimum Gasteiger partial charge on any atom is -0.497 e. The first-order valence-electron chi connectivity index (χ1n) is 4.59. The first kappa shape index (κ1) is 13.0. The fourth-order valence-electron chi connectivity index (χ4n) is 0.993. The molecule has 0 atom stereocenters. The third-order valence-electron chi connectivity index (χ3n) is 1.75. The fourth-order valence-corrected chi connectivity index (χ4v) is 1.56. The molecular formula is C12H11ClO2S. The van der Waals surface area contributed by atoms with Gasteiger partial charge >= 0.3 is 0 Å². The molecule has 0 aliphatic carbocycles. The van der Waals surface area contributed by atoms with Gasteiger partial charge in [-0.15, -0.1) is 0 Å². The van der Waals surface area contributed by atoms with E-state index in [1.54, 1.807) is 25.3 Å². The highest BCUT2D eigenvalue weighted by Gasteiger charge is 1.98. The Morgan fingerprint density at radius 2 is 2.31 bits per heavy atom. The van der Waals surface area contributed by atoms with Crippen LogP contribution in [-0.4, -0.2) is 18.0 Å². The molecule has 84 valence electrons. The van der Waals surface area contributed by atoms with Crippen LogP contribution in [0.15, 0.2) is 18.2 Å². The van der Waals surface area contributed by atoms with Crippen molar-refractivity contribution in [1.82, 2.24) is 0 Å². The fraction of sp³-hybridized carbons (Fsp3) is 0.250. The monoisotopic (exact) mass is 254 g/mol. The van der Waals surface area contributed by atoms with Crippen molar-refractivity contribution < 1.29 is 9.53 Å². The van der Waals surface area contributed by atoms with E-state index in [0.29, 0.717) is 16.5 Å². The van der Waals surface area contributed by atoms with E-state index in [1.807, 2.05) is 0 Å². The van der Waals surface area contributed by atoms with Crippen LogP contribution >= 0.6 is 23.4 Å². The number of benzene rings is 1. The summed E-state index contributed by atoms with van der Waals surface area (Å²) < 4.78 is 5.03. The molecule has 0 aliphatic heterocycles. The number of thioether (sulfide) groups is 1. The normalized spacial score (nSPS) is 9.19. The summed E-state index contributed by atoms with van der Waals surface area (Å²) in [4.78, 5) is 10.7. The standard InChI is InChI=1S/C12H11ClO2S/c1-9(14)16-7-3-4-10-5-6-11(15-2)8-12(10)13/h5-6,8H,7H2,1-2H3. The van der Waals surface area contributed by atoms with E-state index in [-0.39, 0.29) is 5.12 Å². The molecule has 1 aromatic carbocycles. The number of hydrogen-bond acceptors (Lipinski definition) is 3. The highest BCUT2D eigenvalue weighted by molar-refractivity contribution is 8.13. The van der Waals surface area contributed by atoms with Crippen LogP contribution in [0.4, 0.5) is 0 Å². The van der Waals surface area contributed by atoms with Crippen molar-refractivity contribution in [1.29, 1.82) is 0 Å². The number of rotatable bonds is 2. The Morgan fingerprint density at radius 3 is 2.88 bits per heavy atom. The molecule has 0 spiro atoms. The molecule has 0 aromatic heterocycles. The van der Waals surface area contributed by atoms with Crippen molar-refractivity contribution in [2.75, 3.05) is 12.9 Å². The molecule has 0 radical (unpaired) electrons.